The Balaban J connectivity index is 0.000000640. The molecule has 0 saturated carbocycles. The highest BCUT2D eigenvalue weighted by molar-refractivity contribution is 7.15. The summed E-state index contributed by atoms with van der Waals surface area (Å²) < 4.78 is 0. The molecule has 52 valence electrons. The van der Waals surface area contributed by atoms with Crippen molar-refractivity contribution in [1.82, 2.24) is 4.98 Å². The number of hydrogen-bond donors (Lipinski definition) is 1. The smallest absolute Gasteiger partial charge is 0.180 e. The van der Waals surface area contributed by atoms with Gasteiger partial charge in [-0.25, -0.2) is 4.98 Å². The topological polar surface area (TPSA) is 38.9 Å². The highest BCUT2D eigenvalue weighted by atomic mass is 35.5. The second kappa shape index (κ2) is 3.69. The van der Waals surface area contributed by atoms with Crippen molar-refractivity contribution in [2.24, 2.45) is 0 Å². The molecule has 0 atom stereocenters. The van der Waals surface area contributed by atoms with E-state index in [1.54, 1.807) is 11.3 Å². The van der Waals surface area contributed by atoms with E-state index in [1.807, 2.05) is 6.20 Å². The number of aryl methyl sites for hydroxylation is 1. The first-order valence-corrected chi connectivity index (χ1v) is 3.34. The molecule has 0 fully saturated rings. The third-order valence-corrected chi connectivity index (χ3v) is 1.89. The predicted molar refractivity (Wildman–Crippen MR) is 43.2 cm³/mol. The van der Waals surface area contributed by atoms with Gasteiger partial charge in [-0.15, -0.1) is 23.7 Å². The summed E-state index contributed by atoms with van der Waals surface area (Å²) in [5.41, 5.74) is 5.36. The van der Waals surface area contributed by atoms with Crippen molar-refractivity contribution in [2.75, 3.05) is 5.73 Å². The molecule has 2 N–H and O–H groups in total. The van der Waals surface area contributed by atoms with Crippen molar-refractivity contribution in [3.63, 3.8) is 0 Å². The molecule has 0 aliphatic rings. The lowest BCUT2D eigenvalue weighted by molar-refractivity contribution is 1.17. The van der Waals surface area contributed by atoms with Crippen molar-refractivity contribution in [3.8, 4) is 0 Å². The van der Waals surface area contributed by atoms with E-state index in [4.69, 9.17) is 5.73 Å². The quantitative estimate of drug-likeness (QED) is 0.687. The molecule has 0 aliphatic carbocycles. The number of aromatic nitrogens is 1. The molecule has 0 aliphatic heterocycles. The fourth-order valence-corrected chi connectivity index (χ4v) is 1.11. The number of hydrogen-bond acceptors (Lipinski definition) is 3. The first-order valence-electron chi connectivity index (χ1n) is 2.53. The van der Waals surface area contributed by atoms with Crippen molar-refractivity contribution in [3.05, 3.63) is 11.1 Å². The summed E-state index contributed by atoms with van der Waals surface area (Å²) in [5.74, 6) is 0. The van der Waals surface area contributed by atoms with E-state index in [9.17, 15) is 0 Å². The van der Waals surface area contributed by atoms with E-state index in [0.29, 0.717) is 5.13 Å². The molecule has 0 radical (unpaired) electrons. The van der Waals surface area contributed by atoms with Crippen molar-refractivity contribution in [1.29, 1.82) is 0 Å². The molecule has 1 heterocycles. The van der Waals surface area contributed by atoms with Crippen LogP contribution < -0.4 is 5.73 Å². The second-order valence-corrected chi connectivity index (χ2v) is 2.67. The summed E-state index contributed by atoms with van der Waals surface area (Å²) in [6, 6.07) is 0. The summed E-state index contributed by atoms with van der Waals surface area (Å²) in [6.45, 7) is 2.09. The largest absolute Gasteiger partial charge is 0.375 e. The van der Waals surface area contributed by atoms with E-state index < -0.39 is 0 Å². The van der Waals surface area contributed by atoms with Crippen LogP contribution in [0, 0.1) is 0 Å². The maximum absolute atomic E-state index is 5.36. The number of nitrogens with two attached hydrogens (primary N) is 1. The lowest BCUT2D eigenvalue weighted by Gasteiger charge is -1.78. The molecule has 1 aromatic heterocycles. The Morgan fingerprint density at radius 3 is 2.67 bits per heavy atom. The van der Waals surface area contributed by atoms with Crippen LogP contribution in [0.15, 0.2) is 6.20 Å². The zero-order valence-electron chi connectivity index (χ0n) is 5.13. The number of rotatable bonds is 1. The molecule has 0 bridgehead atoms. The molecule has 0 spiro atoms. The SMILES string of the molecule is CCc1cnc(N)s1.Cl. The fourth-order valence-electron chi connectivity index (χ4n) is 0.486. The van der Waals surface area contributed by atoms with Crippen LogP contribution in [0.1, 0.15) is 11.8 Å². The zero-order valence-corrected chi connectivity index (χ0v) is 6.76. The van der Waals surface area contributed by atoms with Gasteiger partial charge in [0.1, 0.15) is 0 Å². The molecular weight excluding hydrogens is 156 g/mol. The summed E-state index contributed by atoms with van der Waals surface area (Å²) in [7, 11) is 0. The lowest BCUT2D eigenvalue weighted by Crippen LogP contribution is -1.77. The Hall–Kier alpha value is -0.280. The maximum Gasteiger partial charge on any atom is 0.180 e. The van der Waals surface area contributed by atoms with Gasteiger partial charge in [0.05, 0.1) is 0 Å². The molecule has 1 aromatic rings. The molecule has 0 saturated heterocycles. The van der Waals surface area contributed by atoms with Gasteiger partial charge >= 0.3 is 0 Å². The number of halogens is 1. The van der Waals surface area contributed by atoms with Crippen molar-refractivity contribution in [2.45, 2.75) is 13.3 Å². The minimum absolute atomic E-state index is 0. The highest BCUT2D eigenvalue weighted by Gasteiger charge is 1.91. The summed E-state index contributed by atoms with van der Waals surface area (Å²) in [6.07, 6.45) is 2.86. The van der Waals surface area contributed by atoms with Crippen LogP contribution in [0.3, 0.4) is 0 Å². The van der Waals surface area contributed by atoms with Crippen LogP contribution in [0.5, 0.6) is 0 Å². The van der Waals surface area contributed by atoms with Gasteiger partial charge in [0.15, 0.2) is 5.13 Å². The molecule has 2 nitrogen and oxygen atoms in total. The number of nitrogen functional groups attached to an aromatic ring is 1. The normalized spacial score (nSPS) is 8.56. The maximum atomic E-state index is 5.36. The number of thiazole rings is 1. The van der Waals surface area contributed by atoms with Crippen LogP contribution in [0.25, 0.3) is 0 Å². The molecule has 9 heavy (non-hydrogen) atoms. The zero-order chi connectivity index (χ0) is 5.98. The van der Waals surface area contributed by atoms with Crippen LogP contribution in [-0.4, -0.2) is 4.98 Å². The van der Waals surface area contributed by atoms with E-state index in [0.717, 1.165) is 6.42 Å². The van der Waals surface area contributed by atoms with Gasteiger partial charge in [0.2, 0.25) is 0 Å². The first-order chi connectivity index (χ1) is 3.83. The number of anilines is 1. The van der Waals surface area contributed by atoms with Gasteiger partial charge < -0.3 is 5.73 Å². The summed E-state index contributed by atoms with van der Waals surface area (Å²) in [4.78, 5) is 5.14. The van der Waals surface area contributed by atoms with Gasteiger partial charge in [0, 0.05) is 11.1 Å². The monoisotopic (exact) mass is 164 g/mol. The third kappa shape index (κ3) is 2.20. The Bertz CT molecular complexity index is 175. The first kappa shape index (κ1) is 8.72. The van der Waals surface area contributed by atoms with Gasteiger partial charge in [-0.05, 0) is 6.42 Å². The standard InChI is InChI=1S/C5H8N2S.ClH/c1-2-4-3-7-5(6)8-4;/h3H,2H2,1H3,(H2,6,7);1H. The van der Waals surface area contributed by atoms with Crippen molar-refractivity contribution >= 4 is 28.9 Å². The summed E-state index contributed by atoms with van der Waals surface area (Å²) in [5, 5.41) is 0.668. The fraction of sp³-hybridized carbons (Fsp3) is 0.400. The Labute approximate surface area is 64.5 Å². The number of nitrogens with zero attached hydrogens (tertiary/aromatic N) is 1. The van der Waals surface area contributed by atoms with Crippen molar-refractivity contribution < 1.29 is 0 Å². The van der Waals surface area contributed by atoms with Gasteiger partial charge in [-0.3, -0.25) is 0 Å². The lowest BCUT2D eigenvalue weighted by atomic mass is 10.4. The second-order valence-electron chi connectivity index (χ2n) is 1.52. The van der Waals surface area contributed by atoms with Gasteiger partial charge in [-0.1, -0.05) is 6.92 Å². The molecule has 0 aromatic carbocycles. The average Bonchev–Trinajstić information content (AvgIpc) is 2.14. The van der Waals surface area contributed by atoms with Crippen LogP contribution in [-0.2, 0) is 6.42 Å². The van der Waals surface area contributed by atoms with E-state index in [-0.39, 0.29) is 12.4 Å². The molecule has 4 heteroatoms. The average molecular weight is 165 g/mol. The Morgan fingerprint density at radius 1 is 1.78 bits per heavy atom. The predicted octanol–water partition coefficient (Wildman–Crippen LogP) is 1.71. The summed E-state index contributed by atoms with van der Waals surface area (Å²) >= 11 is 1.55. The minimum Gasteiger partial charge on any atom is -0.375 e. The highest BCUT2D eigenvalue weighted by Crippen LogP contribution is 2.13. The molecule has 1 rings (SSSR count). The molecule has 0 unspecified atom stereocenters. The van der Waals surface area contributed by atoms with E-state index in [1.165, 1.54) is 4.88 Å². The van der Waals surface area contributed by atoms with Gasteiger partial charge in [0.25, 0.3) is 0 Å². The van der Waals surface area contributed by atoms with Crippen LogP contribution in [0.4, 0.5) is 5.13 Å². The van der Waals surface area contributed by atoms with Crippen LogP contribution in [0.2, 0.25) is 0 Å². The van der Waals surface area contributed by atoms with Crippen LogP contribution >= 0.6 is 23.7 Å². The van der Waals surface area contributed by atoms with E-state index in [2.05, 4.69) is 11.9 Å². The van der Waals surface area contributed by atoms with E-state index >= 15 is 0 Å². The van der Waals surface area contributed by atoms with Gasteiger partial charge in [-0.2, -0.15) is 0 Å². The third-order valence-electron chi connectivity index (χ3n) is 0.920. The minimum atomic E-state index is 0. The molecular formula is C5H9ClN2S. The Kier molecular flexibility index (Phi) is 3.58. The Morgan fingerprint density at radius 2 is 2.44 bits per heavy atom. The molecule has 0 amide bonds.